The van der Waals surface area contributed by atoms with Crippen LogP contribution in [0.15, 0.2) is 54.0 Å². The Hall–Kier alpha value is -2.58. The molecule has 1 fully saturated rings. The molecule has 1 saturated heterocycles. The maximum atomic E-state index is 13.2. The summed E-state index contributed by atoms with van der Waals surface area (Å²) < 4.78 is 41.8. The lowest BCUT2D eigenvalue weighted by atomic mass is 10.0. The fourth-order valence-electron chi connectivity index (χ4n) is 4.18. The highest BCUT2D eigenvalue weighted by Gasteiger charge is 2.33. The third-order valence-electron chi connectivity index (χ3n) is 5.74. The van der Waals surface area contributed by atoms with Crippen molar-refractivity contribution in [2.24, 2.45) is 0 Å². The first-order valence-corrected chi connectivity index (χ1v) is 10.9. The maximum absolute atomic E-state index is 13.2. The topological polar surface area (TPSA) is 23.8 Å². The van der Waals surface area contributed by atoms with Crippen molar-refractivity contribution in [3.63, 3.8) is 0 Å². The molecule has 156 valence electrons. The summed E-state index contributed by atoms with van der Waals surface area (Å²) in [6.45, 7) is 3.86. The second kappa shape index (κ2) is 7.59. The fourth-order valence-corrected chi connectivity index (χ4v) is 5.01. The highest BCUT2D eigenvalue weighted by molar-refractivity contribution is 7.16. The molecule has 1 aliphatic heterocycles. The summed E-state index contributed by atoms with van der Waals surface area (Å²) in [7, 11) is 0. The number of hydrogen-bond donors (Lipinski definition) is 0. The van der Waals surface area contributed by atoms with Gasteiger partial charge in [-0.15, -0.1) is 11.3 Å². The van der Waals surface area contributed by atoms with Crippen molar-refractivity contribution in [3.8, 4) is 0 Å². The molecule has 0 saturated carbocycles. The van der Waals surface area contributed by atoms with Crippen LogP contribution in [0.2, 0.25) is 0 Å². The van der Waals surface area contributed by atoms with E-state index in [1.54, 1.807) is 23.5 Å². The summed E-state index contributed by atoms with van der Waals surface area (Å²) in [4.78, 5) is 10.6. The Kier molecular flexibility index (Phi) is 4.91. The van der Waals surface area contributed by atoms with Crippen molar-refractivity contribution in [2.45, 2.75) is 12.6 Å². The molecule has 0 unspecified atom stereocenters. The summed E-state index contributed by atoms with van der Waals surface area (Å²) in [6.07, 6.45) is -1.84. The van der Waals surface area contributed by atoms with Crippen LogP contribution in [0.1, 0.15) is 11.1 Å². The fraction of sp³-hybridized carbons (Fsp3) is 0.318. The molecule has 0 spiro atoms. The summed E-state index contributed by atoms with van der Waals surface area (Å²) in [5, 5.41) is 2.05. The number of fused-ring (bicyclic) bond motifs is 3. The number of thiophene rings is 1. The molecule has 3 aromatic heterocycles. The number of hydrogen-bond acceptors (Lipinski definition) is 4. The Morgan fingerprint density at radius 3 is 2.57 bits per heavy atom. The maximum Gasteiger partial charge on any atom is 0.416 e. The van der Waals surface area contributed by atoms with Crippen molar-refractivity contribution >= 4 is 33.0 Å². The second-order valence-electron chi connectivity index (χ2n) is 7.54. The SMILES string of the molecule is FC(F)(F)c1ccccc1CCN1CCN(c2nc3ccsc3n3cccc23)CC1. The van der Waals surface area contributed by atoms with Gasteiger partial charge in [0.15, 0.2) is 5.82 Å². The molecule has 1 aliphatic rings. The summed E-state index contributed by atoms with van der Waals surface area (Å²) in [5.74, 6) is 0.980. The van der Waals surface area contributed by atoms with E-state index in [2.05, 4.69) is 31.8 Å². The molecule has 30 heavy (non-hydrogen) atoms. The molecule has 0 radical (unpaired) electrons. The predicted octanol–water partition coefficient (Wildman–Crippen LogP) is 4.93. The number of alkyl halides is 3. The Morgan fingerprint density at radius 2 is 1.77 bits per heavy atom. The minimum atomic E-state index is -4.30. The van der Waals surface area contributed by atoms with Gasteiger partial charge >= 0.3 is 6.18 Å². The molecule has 5 rings (SSSR count). The van der Waals surface area contributed by atoms with E-state index in [9.17, 15) is 13.2 Å². The van der Waals surface area contributed by atoms with Crippen molar-refractivity contribution in [1.29, 1.82) is 0 Å². The molecule has 0 aliphatic carbocycles. The zero-order chi connectivity index (χ0) is 20.7. The third-order valence-corrected chi connectivity index (χ3v) is 6.64. The molecule has 0 atom stereocenters. The molecular formula is C22H21F3N4S. The van der Waals surface area contributed by atoms with Gasteiger partial charge in [-0.25, -0.2) is 4.98 Å². The van der Waals surface area contributed by atoms with E-state index in [0.29, 0.717) is 18.5 Å². The largest absolute Gasteiger partial charge is 0.416 e. The van der Waals surface area contributed by atoms with Crippen molar-refractivity contribution in [2.75, 3.05) is 37.6 Å². The van der Waals surface area contributed by atoms with Crippen molar-refractivity contribution in [1.82, 2.24) is 14.3 Å². The van der Waals surface area contributed by atoms with Crippen LogP contribution in [0.5, 0.6) is 0 Å². The molecule has 8 heteroatoms. The Balaban J connectivity index is 1.27. The highest BCUT2D eigenvalue weighted by Crippen LogP contribution is 2.32. The van der Waals surface area contributed by atoms with Crippen molar-refractivity contribution < 1.29 is 13.2 Å². The average Bonchev–Trinajstić information content (AvgIpc) is 3.40. The lowest BCUT2D eigenvalue weighted by Crippen LogP contribution is -2.47. The van der Waals surface area contributed by atoms with Crippen LogP contribution in [0.3, 0.4) is 0 Å². The molecular weight excluding hydrogens is 409 g/mol. The van der Waals surface area contributed by atoms with Crippen LogP contribution in [-0.2, 0) is 12.6 Å². The van der Waals surface area contributed by atoms with E-state index in [1.165, 1.54) is 12.1 Å². The van der Waals surface area contributed by atoms with Gasteiger partial charge in [0.2, 0.25) is 0 Å². The molecule has 0 N–H and O–H groups in total. The summed E-state index contributed by atoms with van der Waals surface area (Å²) in [5.41, 5.74) is 1.93. The normalized spacial score (nSPS) is 16.0. The van der Waals surface area contributed by atoms with E-state index in [-0.39, 0.29) is 0 Å². The first kappa shape index (κ1) is 19.4. The second-order valence-corrected chi connectivity index (χ2v) is 8.44. The van der Waals surface area contributed by atoms with E-state index in [4.69, 9.17) is 4.98 Å². The highest BCUT2D eigenvalue weighted by atomic mass is 32.1. The third kappa shape index (κ3) is 3.54. The molecule has 0 amide bonds. The number of aromatic nitrogens is 2. The van der Waals surface area contributed by atoms with Gasteiger partial charge in [-0.2, -0.15) is 13.2 Å². The molecule has 0 bridgehead atoms. The van der Waals surface area contributed by atoms with E-state index in [0.717, 1.165) is 47.9 Å². The first-order chi connectivity index (χ1) is 14.5. The molecule has 4 nitrogen and oxygen atoms in total. The summed E-state index contributed by atoms with van der Waals surface area (Å²) in [6, 6.07) is 12.0. The van der Waals surface area contributed by atoms with Gasteiger partial charge in [-0.1, -0.05) is 18.2 Å². The number of rotatable bonds is 4. The molecule has 4 aromatic rings. The van der Waals surface area contributed by atoms with Gasteiger partial charge in [-0.05, 0) is 41.6 Å². The van der Waals surface area contributed by atoms with E-state index < -0.39 is 11.7 Å². The van der Waals surface area contributed by atoms with Crippen LogP contribution < -0.4 is 4.90 Å². The zero-order valence-electron chi connectivity index (χ0n) is 16.3. The average molecular weight is 430 g/mol. The van der Waals surface area contributed by atoms with Gasteiger partial charge in [0.25, 0.3) is 0 Å². The Morgan fingerprint density at radius 1 is 0.967 bits per heavy atom. The zero-order valence-corrected chi connectivity index (χ0v) is 17.1. The summed E-state index contributed by atoms with van der Waals surface area (Å²) >= 11 is 1.68. The van der Waals surface area contributed by atoms with Crippen LogP contribution in [0.4, 0.5) is 19.0 Å². The van der Waals surface area contributed by atoms with Gasteiger partial charge in [0.05, 0.1) is 11.1 Å². The number of anilines is 1. The van der Waals surface area contributed by atoms with Gasteiger partial charge in [-0.3, -0.25) is 4.90 Å². The van der Waals surface area contributed by atoms with Gasteiger partial charge in [0.1, 0.15) is 10.3 Å². The minimum Gasteiger partial charge on any atom is -0.352 e. The van der Waals surface area contributed by atoms with Crippen LogP contribution in [0, 0.1) is 0 Å². The number of benzene rings is 1. The minimum absolute atomic E-state index is 0.367. The predicted molar refractivity (Wildman–Crippen MR) is 114 cm³/mol. The van der Waals surface area contributed by atoms with Crippen molar-refractivity contribution in [3.05, 3.63) is 65.2 Å². The van der Waals surface area contributed by atoms with Crippen LogP contribution >= 0.6 is 11.3 Å². The van der Waals surface area contributed by atoms with Crippen LogP contribution in [0.25, 0.3) is 15.9 Å². The van der Waals surface area contributed by atoms with Gasteiger partial charge < -0.3 is 9.30 Å². The first-order valence-electron chi connectivity index (χ1n) is 9.97. The monoisotopic (exact) mass is 430 g/mol. The van der Waals surface area contributed by atoms with Crippen LogP contribution in [-0.4, -0.2) is 47.0 Å². The molecule has 1 aromatic carbocycles. The standard InChI is InChI=1S/C22H21F3N4S/c23-22(24,25)17-5-2-1-4-16(17)7-10-27-11-13-28(14-12-27)20-19-6-3-9-29(19)21-18(26-20)8-15-30-21/h1-6,8-9,15H,7,10-14H2. The molecule has 4 heterocycles. The lowest BCUT2D eigenvalue weighted by Gasteiger charge is -2.35. The Labute approximate surface area is 176 Å². The Bertz CT molecular complexity index is 1170. The number of nitrogens with zero attached hydrogens (tertiary/aromatic N) is 4. The van der Waals surface area contributed by atoms with Gasteiger partial charge in [0, 0.05) is 38.9 Å². The quantitative estimate of drug-likeness (QED) is 0.459. The number of halogens is 3. The smallest absolute Gasteiger partial charge is 0.352 e. The van der Waals surface area contributed by atoms with E-state index in [1.807, 2.05) is 12.1 Å². The van der Waals surface area contributed by atoms with E-state index >= 15 is 0 Å². The number of piperazine rings is 1. The lowest BCUT2D eigenvalue weighted by molar-refractivity contribution is -0.138.